The first-order valence-electron chi connectivity index (χ1n) is 6.03. The molecule has 0 N–H and O–H groups in total. The lowest BCUT2D eigenvalue weighted by atomic mass is 10.1. The number of hydrogen-bond donors (Lipinski definition) is 0. The topological polar surface area (TPSA) is 59.5 Å². The van der Waals surface area contributed by atoms with E-state index in [0.717, 1.165) is 30.8 Å². The van der Waals surface area contributed by atoms with Crippen molar-refractivity contribution in [3.05, 3.63) is 41.7 Å². The summed E-state index contributed by atoms with van der Waals surface area (Å²) in [6.45, 7) is 2.60. The standard InChI is InChI=1S/C13H14N2O3/c1-9-8-12(18-14-9)10-4-2-6-15(10)13(16)11-5-3-7-17-11/h3,5,7-8,10H,2,4,6H2,1H3/t10-/m0/s1. The molecule has 3 heterocycles. The van der Waals surface area contributed by atoms with E-state index in [2.05, 4.69) is 5.16 Å². The van der Waals surface area contributed by atoms with Crippen LogP contribution in [-0.4, -0.2) is 22.5 Å². The summed E-state index contributed by atoms with van der Waals surface area (Å²) in [6, 6.07) is 5.27. The largest absolute Gasteiger partial charge is 0.459 e. The zero-order chi connectivity index (χ0) is 12.5. The Bertz CT molecular complexity index is 544. The number of aromatic nitrogens is 1. The highest BCUT2D eigenvalue weighted by atomic mass is 16.5. The normalized spacial score (nSPS) is 19.4. The van der Waals surface area contributed by atoms with Crippen LogP contribution in [0.3, 0.4) is 0 Å². The van der Waals surface area contributed by atoms with Crippen molar-refractivity contribution in [2.45, 2.75) is 25.8 Å². The predicted octanol–water partition coefficient (Wildman–Crippen LogP) is 2.55. The minimum atomic E-state index is -0.0865. The van der Waals surface area contributed by atoms with Crippen LogP contribution in [0.25, 0.3) is 0 Å². The second-order valence-corrected chi connectivity index (χ2v) is 4.50. The first-order chi connectivity index (χ1) is 8.75. The SMILES string of the molecule is Cc1cc([C@@H]2CCCN2C(=O)c2ccco2)on1. The number of carbonyl (C=O) groups excluding carboxylic acids is 1. The monoisotopic (exact) mass is 246 g/mol. The van der Waals surface area contributed by atoms with E-state index in [-0.39, 0.29) is 11.9 Å². The average molecular weight is 246 g/mol. The van der Waals surface area contributed by atoms with Crippen LogP contribution in [0.1, 0.15) is 40.9 Å². The van der Waals surface area contributed by atoms with Crippen LogP contribution in [0.15, 0.2) is 33.4 Å². The zero-order valence-electron chi connectivity index (χ0n) is 10.1. The van der Waals surface area contributed by atoms with E-state index in [9.17, 15) is 4.79 Å². The van der Waals surface area contributed by atoms with E-state index in [1.165, 1.54) is 6.26 Å². The van der Waals surface area contributed by atoms with Crippen LogP contribution in [0.5, 0.6) is 0 Å². The fourth-order valence-corrected chi connectivity index (χ4v) is 2.39. The van der Waals surface area contributed by atoms with Crippen LogP contribution >= 0.6 is 0 Å². The van der Waals surface area contributed by atoms with Gasteiger partial charge >= 0.3 is 0 Å². The number of furan rings is 1. The Morgan fingerprint density at radius 1 is 1.56 bits per heavy atom. The van der Waals surface area contributed by atoms with E-state index in [4.69, 9.17) is 8.94 Å². The van der Waals surface area contributed by atoms with Crippen molar-refractivity contribution in [2.75, 3.05) is 6.54 Å². The molecule has 0 aliphatic carbocycles. The van der Waals surface area contributed by atoms with Crippen LogP contribution in [0.4, 0.5) is 0 Å². The third-order valence-corrected chi connectivity index (χ3v) is 3.22. The summed E-state index contributed by atoms with van der Waals surface area (Å²) in [5.74, 6) is 1.04. The summed E-state index contributed by atoms with van der Waals surface area (Å²) < 4.78 is 10.4. The van der Waals surface area contributed by atoms with Crippen molar-refractivity contribution >= 4 is 5.91 Å². The van der Waals surface area contributed by atoms with Gasteiger partial charge in [0.05, 0.1) is 18.0 Å². The molecule has 0 unspecified atom stereocenters. The number of aryl methyl sites for hydroxylation is 1. The summed E-state index contributed by atoms with van der Waals surface area (Å²) in [5, 5.41) is 3.88. The summed E-state index contributed by atoms with van der Waals surface area (Å²) in [5.41, 5.74) is 0.835. The number of carbonyl (C=O) groups is 1. The summed E-state index contributed by atoms with van der Waals surface area (Å²) in [7, 11) is 0. The minimum Gasteiger partial charge on any atom is -0.459 e. The number of likely N-dealkylation sites (tertiary alicyclic amines) is 1. The van der Waals surface area contributed by atoms with Gasteiger partial charge in [-0.3, -0.25) is 4.79 Å². The van der Waals surface area contributed by atoms with Gasteiger partial charge in [-0.2, -0.15) is 0 Å². The van der Waals surface area contributed by atoms with Crippen molar-refractivity contribution < 1.29 is 13.7 Å². The lowest BCUT2D eigenvalue weighted by Gasteiger charge is -2.21. The quantitative estimate of drug-likeness (QED) is 0.817. The number of amides is 1. The molecule has 1 amide bonds. The van der Waals surface area contributed by atoms with Gasteiger partial charge in [0.15, 0.2) is 11.5 Å². The van der Waals surface area contributed by atoms with Gasteiger partial charge in [0, 0.05) is 12.6 Å². The van der Waals surface area contributed by atoms with Crippen molar-refractivity contribution in [3.63, 3.8) is 0 Å². The van der Waals surface area contributed by atoms with Crippen molar-refractivity contribution in [1.82, 2.24) is 10.1 Å². The van der Waals surface area contributed by atoms with Gasteiger partial charge in [-0.25, -0.2) is 0 Å². The highest BCUT2D eigenvalue weighted by Gasteiger charge is 2.34. The third kappa shape index (κ3) is 1.81. The van der Waals surface area contributed by atoms with Crippen molar-refractivity contribution in [1.29, 1.82) is 0 Å². The minimum absolute atomic E-state index is 0.0243. The molecule has 0 spiro atoms. The van der Waals surface area contributed by atoms with Gasteiger partial charge in [-0.05, 0) is 31.9 Å². The molecule has 5 heteroatoms. The Morgan fingerprint density at radius 3 is 3.11 bits per heavy atom. The Balaban J connectivity index is 1.85. The van der Waals surface area contributed by atoms with Crippen LogP contribution in [0.2, 0.25) is 0 Å². The molecule has 1 saturated heterocycles. The third-order valence-electron chi connectivity index (χ3n) is 3.22. The zero-order valence-corrected chi connectivity index (χ0v) is 10.1. The number of rotatable bonds is 2. The molecule has 0 aromatic carbocycles. The molecule has 94 valence electrons. The maximum Gasteiger partial charge on any atom is 0.290 e. The smallest absolute Gasteiger partial charge is 0.290 e. The van der Waals surface area contributed by atoms with E-state index in [0.29, 0.717) is 5.76 Å². The Hall–Kier alpha value is -2.04. The van der Waals surface area contributed by atoms with Crippen LogP contribution in [-0.2, 0) is 0 Å². The molecule has 0 bridgehead atoms. The molecule has 5 nitrogen and oxygen atoms in total. The molecule has 0 radical (unpaired) electrons. The van der Waals surface area contributed by atoms with Gasteiger partial charge in [-0.1, -0.05) is 5.16 Å². The van der Waals surface area contributed by atoms with Gasteiger partial charge < -0.3 is 13.8 Å². The lowest BCUT2D eigenvalue weighted by Crippen LogP contribution is -2.30. The second-order valence-electron chi connectivity index (χ2n) is 4.50. The summed E-state index contributed by atoms with van der Waals surface area (Å²) in [4.78, 5) is 14.1. The fraction of sp³-hybridized carbons (Fsp3) is 0.385. The van der Waals surface area contributed by atoms with Gasteiger partial charge in [0.25, 0.3) is 5.91 Å². The van der Waals surface area contributed by atoms with Gasteiger partial charge in [0.2, 0.25) is 0 Å². The first kappa shape index (κ1) is 11.1. The van der Waals surface area contributed by atoms with E-state index < -0.39 is 0 Å². The molecule has 1 atom stereocenters. The molecule has 3 rings (SSSR count). The Morgan fingerprint density at radius 2 is 2.44 bits per heavy atom. The molecule has 0 saturated carbocycles. The predicted molar refractivity (Wildman–Crippen MR) is 63.0 cm³/mol. The van der Waals surface area contributed by atoms with E-state index in [1.807, 2.05) is 13.0 Å². The molecule has 2 aromatic rings. The number of hydrogen-bond acceptors (Lipinski definition) is 4. The summed E-state index contributed by atoms with van der Waals surface area (Å²) >= 11 is 0. The molecular weight excluding hydrogens is 232 g/mol. The highest BCUT2D eigenvalue weighted by molar-refractivity contribution is 5.91. The van der Waals surface area contributed by atoms with Crippen LogP contribution in [0, 0.1) is 6.92 Å². The van der Waals surface area contributed by atoms with E-state index >= 15 is 0 Å². The van der Waals surface area contributed by atoms with Gasteiger partial charge in [-0.15, -0.1) is 0 Å². The molecule has 1 aliphatic heterocycles. The Kier molecular flexibility index (Phi) is 2.66. The summed E-state index contributed by atoms with van der Waals surface area (Å²) in [6.07, 6.45) is 3.38. The maximum atomic E-state index is 12.3. The second kappa shape index (κ2) is 4.33. The molecule has 18 heavy (non-hydrogen) atoms. The average Bonchev–Trinajstić information content (AvgIpc) is 3.09. The molecule has 1 aliphatic rings. The van der Waals surface area contributed by atoms with Gasteiger partial charge in [0.1, 0.15) is 0 Å². The molecule has 2 aromatic heterocycles. The van der Waals surface area contributed by atoms with E-state index in [1.54, 1.807) is 17.0 Å². The lowest BCUT2D eigenvalue weighted by molar-refractivity contribution is 0.0682. The fourth-order valence-electron chi connectivity index (χ4n) is 2.39. The van der Waals surface area contributed by atoms with Crippen LogP contribution < -0.4 is 0 Å². The molecule has 1 fully saturated rings. The highest BCUT2D eigenvalue weighted by Crippen LogP contribution is 2.33. The Labute approximate surface area is 104 Å². The van der Waals surface area contributed by atoms with Crippen molar-refractivity contribution in [2.24, 2.45) is 0 Å². The molecular formula is C13H14N2O3. The first-order valence-corrected chi connectivity index (χ1v) is 6.03. The van der Waals surface area contributed by atoms with Crippen molar-refractivity contribution in [3.8, 4) is 0 Å². The maximum absolute atomic E-state index is 12.3. The number of nitrogens with zero attached hydrogens (tertiary/aromatic N) is 2.